The fraction of sp³-hybridized carbons (Fsp3) is 0.296. The van der Waals surface area contributed by atoms with Gasteiger partial charge in [-0.3, -0.25) is 9.69 Å². The third-order valence-corrected chi connectivity index (χ3v) is 5.59. The Balaban J connectivity index is 1.49. The predicted octanol–water partition coefficient (Wildman–Crippen LogP) is 5.18. The molecule has 0 bridgehead atoms. The van der Waals surface area contributed by atoms with E-state index in [0.717, 1.165) is 42.9 Å². The molecule has 162 valence electrons. The van der Waals surface area contributed by atoms with Crippen LogP contribution < -0.4 is 10.1 Å². The van der Waals surface area contributed by atoms with Crippen molar-refractivity contribution >= 4 is 5.91 Å². The summed E-state index contributed by atoms with van der Waals surface area (Å²) >= 11 is 0. The fourth-order valence-electron chi connectivity index (χ4n) is 3.54. The van der Waals surface area contributed by atoms with Gasteiger partial charge >= 0.3 is 0 Å². The molecule has 3 aromatic rings. The van der Waals surface area contributed by atoms with Crippen molar-refractivity contribution in [3.8, 4) is 16.9 Å². The van der Waals surface area contributed by atoms with E-state index < -0.39 is 0 Å². The molecule has 0 unspecified atom stereocenters. The Morgan fingerprint density at radius 3 is 1.90 bits per heavy atom. The van der Waals surface area contributed by atoms with Gasteiger partial charge in [0.2, 0.25) is 0 Å². The van der Waals surface area contributed by atoms with Crippen LogP contribution in [0.4, 0.5) is 0 Å². The monoisotopic (exact) mass is 416 g/mol. The first-order valence-electron chi connectivity index (χ1n) is 11.0. The maximum absolute atomic E-state index is 12.5. The van der Waals surface area contributed by atoms with Crippen LogP contribution >= 0.6 is 0 Å². The van der Waals surface area contributed by atoms with E-state index in [1.54, 1.807) is 7.11 Å². The summed E-state index contributed by atoms with van der Waals surface area (Å²) in [6, 6.07) is 24.3. The van der Waals surface area contributed by atoms with E-state index in [2.05, 4.69) is 48.3 Å². The van der Waals surface area contributed by atoms with Gasteiger partial charge in [0.15, 0.2) is 0 Å². The average Bonchev–Trinajstić information content (AvgIpc) is 2.83. The first-order chi connectivity index (χ1) is 15.1. The second-order valence-corrected chi connectivity index (χ2v) is 7.59. The topological polar surface area (TPSA) is 41.6 Å². The maximum atomic E-state index is 12.5. The Hall–Kier alpha value is -3.11. The number of amides is 1. The smallest absolute Gasteiger partial charge is 0.251 e. The van der Waals surface area contributed by atoms with Crippen LogP contribution in [-0.4, -0.2) is 37.6 Å². The highest BCUT2D eigenvalue weighted by molar-refractivity contribution is 5.94. The van der Waals surface area contributed by atoms with Gasteiger partial charge in [0, 0.05) is 18.7 Å². The number of hydrogen-bond donors (Lipinski definition) is 1. The highest BCUT2D eigenvalue weighted by Gasteiger charge is 2.06. The van der Waals surface area contributed by atoms with Gasteiger partial charge in [-0.1, -0.05) is 62.4 Å². The van der Waals surface area contributed by atoms with E-state index in [4.69, 9.17) is 4.74 Å². The predicted molar refractivity (Wildman–Crippen MR) is 128 cm³/mol. The summed E-state index contributed by atoms with van der Waals surface area (Å²) in [6.45, 7) is 8.10. The number of ether oxygens (including phenoxy) is 1. The van der Waals surface area contributed by atoms with Crippen LogP contribution in [0.25, 0.3) is 11.1 Å². The average molecular weight is 417 g/mol. The van der Waals surface area contributed by atoms with Gasteiger partial charge in [0.1, 0.15) is 5.75 Å². The summed E-state index contributed by atoms with van der Waals surface area (Å²) in [5, 5.41) is 3.02. The molecule has 0 heterocycles. The van der Waals surface area contributed by atoms with Crippen LogP contribution in [0, 0.1) is 0 Å². The summed E-state index contributed by atoms with van der Waals surface area (Å²) in [6.07, 6.45) is 0.821. The Morgan fingerprint density at radius 1 is 0.806 bits per heavy atom. The van der Waals surface area contributed by atoms with Crippen molar-refractivity contribution in [3.63, 3.8) is 0 Å². The summed E-state index contributed by atoms with van der Waals surface area (Å²) in [5.74, 6) is 0.790. The number of rotatable bonds is 10. The number of methoxy groups -OCH3 is 1. The third-order valence-electron chi connectivity index (χ3n) is 5.59. The summed E-state index contributed by atoms with van der Waals surface area (Å²) < 4.78 is 5.20. The van der Waals surface area contributed by atoms with Crippen LogP contribution in [0.15, 0.2) is 72.8 Å². The van der Waals surface area contributed by atoms with Crippen LogP contribution in [0.5, 0.6) is 5.75 Å². The fourth-order valence-corrected chi connectivity index (χ4v) is 3.54. The zero-order valence-corrected chi connectivity index (χ0v) is 18.7. The van der Waals surface area contributed by atoms with Gasteiger partial charge in [-0.05, 0) is 66.0 Å². The van der Waals surface area contributed by atoms with Crippen molar-refractivity contribution < 1.29 is 9.53 Å². The van der Waals surface area contributed by atoms with Gasteiger partial charge in [-0.15, -0.1) is 0 Å². The van der Waals surface area contributed by atoms with E-state index in [9.17, 15) is 4.79 Å². The Bertz CT molecular complexity index is 944. The van der Waals surface area contributed by atoms with Crippen LogP contribution in [0.2, 0.25) is 0 Å². The van der Waals surface area contributed by atoms with Crippen molar-refractivity contribution in [2.75, 3.05) is 26.7 Å². The normalized spacial score (nSPS) is 10.8. The van der Waals surface area contributed by atoms with Gasteiger partial charge < -0.3 is 10.1 Å². The molecule has 1 N–H and O–H groups in total. The molecule has 0 aliphatic carbocycles. The van der Waals surface area contributed by atoms with Crippen molar-refractivity contribution in [2.45, 2.75) is 26.8 Å². The number of nitrogens with one attached hydrogen (secondary N) is 1. The largest absolute Gasteiger partial charge is 0.497 e. The van der Waals surface area contributed by atoms with E-state index in [1.807, 2.05) is 48.5 Å². The number of nitrogens with zero attached hydrogens (tertiary/aromatic N) is 1. The van der Waals surface area contributed by atoms with Crippen molar-refractivity contribution in [2.24, 2.45) is 0 Å². The highest BCUT2D eigenvalue weighted by Crippen LogP contribution is 2.22. The summed E-state index contributed by atoms with van der Waals surface area (Å²) in [4.78, 5) is 14.9. The molecule has 0 atom stereocenters. The molecule has 31 heavy (non-hydrogen) atoms. The lowest BCUT2D eigenvalue weighted by molar-refractivity contribution is 0.0954. The number of carbonyl (C=O) groups is 1. The van der Waals surface area contributed by atoms with Gasteiger partial charge in [-0.2, -0.15) is 0 Å². The molecule has 1 amide bonds. The van der Waals surface area contributed by atoms with Crippen LogP contribution in [-0.2, 0) is 13.0 Å². The zero-order valence-electron chi connectivity index (χ0n) is 18.7. The van der Waals surface area contributed by atoms with Crippen LogP contribution in [0.1, 0.15) is 35.3 Å². The lowest BCUT2D eigenvalue weighted by Crippen LogP contribution is -2.25. The van der Waals surface area contributed by atoms with E-state index in [-0.39, 0.29) is 5.91 Å². The van der Waals surface area contributed by atoms with Gasteiger partial charge in [0.25, 0.3) is 5.91 Å². The molecule has 0 fully saturated rings. The first-order valence-corrected chi connectivity index (χ1v) is 11.0. The van der Waals surface area contributed by atoms with Gasteiger partial charge in [-0.25, -0.2) is 0 Å². The molecule has 0 aromatic heterocycles. The lowest BCUT2D eigenvalue weighted by atomic mass is 10.0. The first kappa shape index (κ1) is 22.6. The highest BCUT2D eigenvalue weighted by atomic mass is 16.5. The SMILES string of the molecule is CCN(CC)Cc1ccc(CCNC(=O)c2ccc(-c3ccc(OC)cc3)cc2)cc1. The number of carbonyl (C=O) groups excluding carboxylic acids is 1. The molecule has 0 spiro atoms. The molecule has 0 saturated heterocycles. The van der Waals surface area contributed by atoms with Gasteiger partial charge in [0.05, 0.1) is 7.11 Å². The second-order valence-electron chi connectivity index (χ2n) is 7.59. The molecule has 0 radical (unpaired) electrons. The quantitative estimate of drug-likeness (QED) is 0.495. The van der Waals surface area contributed by atoms with Crippen molar-refractivity contribution in [1.29, 1.82) is 0 Å². The molecule has 0 aliphatic heterocycles. The van der Waals surface area contributed by atoms with E-state index in [0.29, 0.717) is 12.1 Å². The summed E-state index contributed by atoms with van der Waals surface area (Å²) in [5.41, 5.74) is 5.40. The van der Waals surface area contributed by atoms with E-state index in [1.165, 1.54) is 11.1 Å². The number of hydrogen-bond acceptors (Lipinski definition) is 3. The molecule has 0 saturated carbocycles. The molecule has 4 nitrogen and oxygen atoms in total. The third kappa shape index (κ3) is 6.43. The zero-order chi connectivity index (χ0) is 22.1. The molecular weight excluding hydrogens is 384 g/mol. The lowest BCUT2D eigenvalue weighted by Gasteiger charge is -2.18. The summed E-state index contributed by atoms with van der Waals surface area (Å²) in [7, 11) is 1.66. The maximum Gasteiger partial charge on any atom is 0.251 e. The Labute approximate surface area is 185 Å². The molecule has 3 rings (SSSR count). The molecular formula is C27H32N2O2. The van der Waals surface area contributed by atoms with Crippen molar-refractivity contribution in [3.05, 3.63) is 89.5 Å². The minimum absolute atomic E-state index is 0.0422. The molecule has 0 aliphatic rings. The Morgan fingerprint density at radius 2 is 1.35 bits per heavy atom. The molecule has 3 aromatic carbocycles. The molecule has 4 heteroatoms. The van der Waals surface area contributed by atoms with Crippen molar-refractivity contribution in [1.82, 2.24) is 10.2 Å². The van der Waals surface area contributed by atoms with E-state index >= 15 is 0 Å². The minimum Gasteiger partial charge on any atom is -0.497 e. The Kier molecular flexibility index (Phi) is 8.25. The minimum atomic E-state index is -0.0422. The second kappa shape index (κ2) is 11.3. The van der Waals surface area contributed by atoms with Crippen LogP contribution in [0.3, 0.4) is 0 Å². The standard InChI is InChI=1S/C27H32N2O2/c1-4-29(5-2)20-22-8-6-21(7-9-22)18-19-28-27(30)25-12-10-23(11-13-25)24-14-16-26(31-3)17-15-24/h6-17H,4-5,18-20H2,1-3H3,(H,28,30). The number of benzene rings is 3.